The molecule has 0 aliphatic heterocycles. The predicted octanol–water partition coefficient (Wildman–Crippen LogP) is 0.976. The molecule has 24 heavy (non-hydrogen) atoms. The summed E-state index contributed by atoms with van der Waals surface area (Å²) in [6, 6.07) is 4.19. The van der Waals surface area contributed by atoms with Crippen molar-refractivity contribution < 1.29 is 17.6 Å². The van der Waals surface area contributed by atoms with Crippen LogP contribution >= 0.6 is 24.0 Å². The van der Waals surface area contributed by atoms with Crippen LogP contribution in [0.1, 0.15) is 15.9 Å². The first-order chi connectivity index (χ1) is 10.6. The number of carbonyl (C=O) groups is 1. The third-order valence-electron chi connectivity index (χ3n) is 3.04. The number of sulfonamides is 1. The quantitative estimate of drug-likeness (QED) is 0.713. The third kappa shape index (κ3) is 4.32. The summed E-state index contributed by atoms with van der Waals surface area (Å²) in [5.74, 6) is -1.53. The van der Waals surface area contributed by atoms with Gasteiger partial charge in [-0.15, -0.1) is 12.4 Å². The van der Waals surface area contributed by atoms with Crippen molar-refractivity contribution in [3.05, 3.63) is 57.9 Å². The fourth-order valence-electron chi connectivity index (χ4n) is 2.06. The molecule has 1 amide bonds. The molecule has 2 rings (SSSR count). The Balaban J connectivity index is 0.00000288. The van der Waals surface area contributed by atoms with Crippen molar-refractivity contribution in [2.75, 3.05) is 0 Å². The fourth-order valence-corrected chi connectivity index (χ4v) is 3.03. The number of hydrogen-bond donors (Lipinski definition) is 3. The van der Waals surface area contributed by atoms with E-state index in [1.54, 1.807) is 0 Å². The molecule has 0 atom stereocenters. The van der Waals surface area contributed by atoms with E-state index in [-0.39, 0.29) is 45.5 Å². The Bertz CT molecular complexity index is 960. The maximum absolute atomic E-state index is 13.4. The van der Waals surface area contributed by atoms with E-state index in [4.69, 9.17) is 27.9 Å². The zero-order chi connectivity index (χ0) is 17.4. The highest BCUT2D eigenvalue weighted by atomic mass is 35.5. The number of halogens is 3. The summed E-state index contributed by atoms with van der Waals surface area (Å²) in [5.41, 5.74) is 4.75. The van der Waals surface area contributed by atoms with Crippen LogP contribution in [0.2, 0.25) is 5.02 Å². The lowest BCUT2D eigenvalue weighted by atomic mass is 10.2. The number of nitrogens with two attached hydrogens (primary N) is 2. The van der Waals surface area contributed by atoms with Gasteiger partial charge in [-0.25, -0.2) is 17.9 Å². The van der Waals surface area contributed by atoms with Gasteiger partial charge in [-0.3, -0.25) is 10.2 Å². The van der Waals surface area contributed by atoms with Crippen molar-refractivity contribution in [1.29, 1.82) is 5.41 Å². The molecule has 0 unspecified atom stereocenters. The van der Waals surface area contributed by atoms with E-state index in [0.29, 0.717) is 0 Å². The fraction of sp³-hybridized carbons (Fsp3) is 0.0769. The lowest BCUT2D eigenvalue weighted by Gasteiger charge is -2.13. The van der Waals surface area contributed by atoms with Crippen LogP contribution in [-0.2, 0) is 16.6 Å². The van der Waals surface area contributed by atoms with Gasteiger partial charge >= 0.3 is 0 Å². The summed E-state index contributed by atoms with van der Waals surface area (Å²) in [6.07, 6.45) is 1.30. The minimum atomic E-state index is -4.09. The lowest BCUT2D eigenvalue weighted by molar-refractivity contribution is 0.0997. The molecule has 0 fully saturated rings. The molecule has 0 bridgehead atoms. The van der Waals surface area contributed by atoms with Crippen LogP contribution in [0.25, 0.3) is 0 Å². The number of rotatable bonds is 4. The first kappa shape index (κ1) is 20.1. The number of primary amides is 1. The zero-order valence-electron chi connectivity index (χ0n) is 12.0. The normalized spacial score (nSPS) is 11.0. The molecule has 11 heteroatoms. The smallest absolute Gasteiger partial charge is 0.252 e. The number of benzene rings is 1. The number of nitrogens with one attached hydrogen (secondary N) is 1. The maximum Gasteiger partial charge on any atom is 0.252 e. The Morgan fingerprint density at radius 1 is 1.33 bits per heavy atom. The van der Waals surface area contributed by atoms with Gasteiger partial charge in [0.1, 0.15) is 11.3 Å². The summed E-state index contributed by atoms with van der Waals surface area (Å²) in [5, 5.41) is 13.1. The van der Waals surface area contributed by atoms with Gasteiger partial charge in [-0.05, 0) is 29.8 Å². The van der Waals surface area contributed by atoms with Gasteiger partial charge < -0.3 is 10.3 Å². The van der Waals surface area contributed by atoms with Gasteiger partial charge in [0.15, 0.2) is 0 Å². The molecule has 0 saturated carbocycles. The number of primary sulfonamides is 1. The molecule has 0 aliphatic rings. The molecule has 0 aliphatic carbocycles. The van der Waals surface area contributed by atoms with Gasteiger partial charge in [0, 0.05) is 6.20 Å². The van der Waals surface area contributed by atoms with Crippen LogP contribution in [0.3, 0.4) is 0 Å². The maximum atomic E-state index is 13.4. The van der Waals surface area contributed by atoms with Crippen molar-refractivity contribution in [1.82, 2.24) is 4.57 Å². The van der Waals surface area contributed by atoms with Crippen molar-refractivity contribution in [2.24, 2.45) is 10.9 Å². The van der Waals surface area contributed by atoms with Crippen LogP contribution in [0.15, 0.2) is 35.4 Å². The molecule has 1 aromatic heterocycles. The van der Waals surface area contributed by atoms with Gasteiger partial charge in [-0.2, -0.15) is 0 Å². The van der Waals surface area contributed by atoms with Gasteiger partial charge in [0.25, 0.3) is 5.91 Å². The largest absolute Gasteiger partial charge is 0.365 e. The first-order valence-electron chi connectivity index (χ1n) is 6.15. The highest BCUT2D eigenvalue weighted by molar-refractivity contribution is 7.89. The highest BCUT2D eigenvalue weighted by Crippen LogP contribution is 2.17. The first-order valence-corrected chi connectivity index (χ1v) is 8.07. The van der Waals surface area contributed by atoms with Crippen molar-refractivity contribution in [2.45, 2.75) is 11.4 Å². The van der Waals surface area contributed by atoms with E-state index in [2.05, 4.69) is 0 Å². The summed E-state index contributed by atoms with van der Waals surface area (Å²) >= 11 is 5.86. The van der Waals surface area contributed by atoms with E-state index >= 15 is 0 Å². The third-order valence-corrected chi connectivity index (χ3v) is 4.26. The van der Waals surface area contributed by atoms with Crippen LogP contribution in [0, 0.1) is 11.2 Å². The van der Waals surface area contributed by atoms with Gasteiger partial charge in [-0.1, -0.05) is 11.6 Å². The SMILES string of the molecule is Cl.N=c1c(C(N)=O)cc(Cl)cn1Cc1cc(F)ccc1S(N)(=O)=O. The van der Waals surface area contributed by atoms with E-state index in [9.17, 15) is 17.6 Å². The molecule has 0 spiro atoms. The molecule has 1 aromatic carbocycles. The summed E-state index contributed by atoms with van der Waals surface area (Å²) in [4.78, 5) is 11.0. The van der Waals surface area contributed by atoms with Gasteiger partial charge in [0.05, 0.1) is 22.0 Å². The van der Waals surface area contributed by atoms with Crippen LogP contribution in [0.5, 0.6) is 0 Å². The molecule has 130 valence electrons. The Labute approximate surface area is 148 Å². The molecule has 5 N–H and O–H groups in total. The Morgan fingerprint density at radius 3 is 2.50 bits per heavy atom. The number of carbonyl (C=O) groups excluding carboxylic acids is 1. The molecule has 2 aromatic rings. The van der Waals surface area contributed by atoms with E-state index in [0.717, 1.165) is 18.2 Å². The summed E-state index contributed by atoms with van der Waals surface area (Å²) in [7, 11) is -4.09. The van der Waals surface area contributed by atoms with Crippen molar-refractivity contribution >= 4 is 39.9 Å². The Kier molecular flexibility index (Phi) is 6.12. The standard InChI is InChI=1S/C13H12ClFN4O3S.ClH/c14-8-4-10(13(17)20)12(16)19(6-8)5-7-3-9(15)1-2-11(7)23(18,21)22;/h1-4,6,16H,5H2,(H2,17,20)(H2,18,21,22);1H. The van der Waals surface area contributed by atoms with Gasteiger partial charge in [0.2, 0.25) is 10.0 Å². The second-order valence-corrected chi connectivity index (χ2v) is 6.68. The number of amides is 1. The molecular weight excluding hydrogens is 382 g/mol. The molecular formula is C13H13Cl2FN4O3S. The van der Waals surface area contributed by atoms with Crippen molar-refractivity contribution in [3.63, 3.8) is 0 Å². The van der Waals surface area contributed by atoms with Crippen LogP contribution in [0.4, 0.5) is 4.39 Å². The van der Waals surface area contributed by atoms with E-state index in [1.165, 1.54) is 16.8 Å². The lowest BCUT2D eigenvalue weighted by Crippen LogP contribution is -2.30. The average Bonchev–Trinajstić information content (AvgIpc) is 2.40. The summed E-state index contributed by atoms with van der Waals surface area (Å²) < 4.78 is 37.8. The molecule has 0 radical (unpaired) electrons. The average molecular weight is 395 g/mol. The minimum Gasteiger partial charge on any atom is -0.365 e. The topological polar surface area (TPSA) is 132 Å². The Hall–Kier alpha value is -1.94. The number of nitrogens with zero attached hydrogens (tertiary/aromatic N) is 1. The monoisotopic (exact) mass is 394 g/mol. The van der Waals surface area contributed by atoms with E-state index < -0.39 is 21.7 Å². The highest BCUT2D eigenvalue weighted by Gasteiger charge is 2.16. The number of pyridine rings is 1. The molecule has 1 heterocycles. The van der Waals surface area contributed by atoms with Crippen LogP contribution < -0.4 is 16.4 Å². The second kappa shape index (κ2) is 7.31. The molecule has 7 nitrogen and oxygen atoms in total. The number of aromatic nitrogens is 1. The minimum absolute atomic E-state index is 0. The molecule has 0 saturated heterocycles. The summed E-state index contributed by atoms with van der Waals surface area (Å²) in [6.45, 7) is -0.233. The number of hydrogen-bond acceptors (Lipinski definition) is 4. The van der Waals surface area contributed by atoms with E-state index in [1.807, 2.05) is 0 Å². The van der Waals surface area contributed by atoms with Crippen LogP contribution in [-0.4, -0.2) is 18.9 Å². The zero-order valence-corrected chi connectivity index (χ0v) is 14.4. The second-order valence-electron chi connectivity index (χ2n) is 4.71. The van der Waals surface area contributed by atoms with Crippen molar-refractivity contribution in [3.8, 4) is 0 Å². The Morgan fingerprint density at radius 2 is 1.96 bits per heavy atom. The predicted molar refractivity (Wildman–Crippen MR) is 87.9 cm³/mol.